The average molecular weight is 200 g/mol. The van der Waals surface area contributed by atoms with Crippen molar-refractivity contribution in [1.29, 1.82) is 0 Å². The van der Waals surface area contributed by atoms with Crippen LogP contribution in [0.1, 0.15) is 27.2 Å². The molecular weight excluding hydrogens is 180 g/mol. The third-order valence-electron chi connectivity index (χ3n) is 1.87. The van der Waals surface area contributed by atoms with E-state index in [4.69, 9.17) is 4.74 Å². The second-order valence-corrected chi connectivity index (χ2v) is 4.14. The van der Waals surface area contributed by atoms with Gasteiger partial charge in [-0.2, -0.15) is 0 Å². The molecule has 0 radical (unpaired) electrons. The predicted molar refractivity (Wildman–Crippen MR) is 56.0 cm³/mol. The summed E-state index contributed by atoms with van der Waals surface area (Å²) in [5.74, 6) is -0.243. The van der Waals surface area contributed by atoms with E-state index in [0.29, 0.717) is 13.2 Å². The van der Waals surface area contributed by atoms with E-state index in [-0.39, 0.29) is 5.97 Å². The lowest BCUT2D eigenvalue weighted by atomic mass is 9.95. The molecule has 0 fully saturated rings. The van der Waals surface area contributed by atoms with Gasteiger partial charge in [-0.1, -0.05) is 5.57 Å². The Balaban J connectivity index is 3.76. The molecule has 0 heterocycles. The van der Waals surface area contributed by atoms with Gasteiger partial charge in [0.2, 0.25) is 0 Å². The third-order valence-corrected chi connectivity index (χ3v) is 1.87. The lowest BCUT2D eigenvalue weighted by molar-refractivity contribution is -0.154. The number of methoxy groups -OCH3 is 1. The van der Waals surface area contributed by atoms with Crippen molar-refractivity contribution in [1.82, 2.24) is 0 Å². The first-order valence-corrected chi connectivity index (χ1v) is 4.70. The molecular formula is C11H20O3. The molecule has 0 unspecified atom stereocenters. The van der Waals surface area contributed by atoms with E-state index in [0.717, 1.165) is 12.0 Å². The summed E-state index contributed by atoms with van der Waals surface area (Å²) in [7, 11) is 1.39. The highest BCUT2D eigenvalue weighted by atomic mass is 16.5. The minimum Gasteiger partial charge on any atom is -0.469 e. The van der Waals surface area contributed by atoms with E-state index in [1.807, 2.05) is 6.92 Å². The van der Waals surface area contributed by atoms with Crippen molar-refractivity contribution in [3.05, 3.63) is 12.2 Å². The minimum atomic E-state index is -0.566. The van der Waals surface area contributed by atoms with Gasteiger partial charge in [-0.05, 0) is 27.2 Å². The van der Waals surface area contributed by atoms with E-state index in [2.05, 4.69) is 11.3 Å². The first-order chi connectivity index (χ1) is 6.40. The van der Waals surface area contributed by atoms with Crippen LogP contribution >= 0.6 is 0 Å². The summed E-state index contributed by atoms with van der Waals surface area (Å²) in [5.41, 5.74) is 0.518. The van der Waals surface area contributed by atoms with Crippen LogP contribution in [0.25, 0.3) is 0 Å². The molecule has 0 aromatic carbocycles. The van der Waals surface area contributed by atoms with Gasteiger partial charge in [-0.15, -0.1) is 6.58 Å². The van der Waals surface area contributed by atoms with Crippen molar-refractivity contribution in [3.63, 3.8) is 0 Å². The fraction of sp³-hybridized carbons (Fsp3) is 0.727. The molecule has 0 spiro atoms. The van der Waals surface area contributed by atoms with Crippen molar-refractivity contribution < 1.29 is 14.3 Å². The fourth-order valence-corrected chi connectivity index (χ4v) is 0.909. The number of carbonyl (C=O) groups is 1. The zero-order chi connectivity index (χ0) is 11.2. The highest BCUT2D eigenvalue weighted by Crippen LogP contribution is 2.17. The van der Waals surface area contributed by atoms with Crippen LogP contribution in [0.4, 0.5) is 0 Å². The van der Waals surface area contributed by atoms with Crippen LogP contribution in [0.2, 0.25) is 0 Å². The molecule has 0 N–H and O–H groups in total. The lowest BCUT2D eigenvalue weighted by Crippen LogP contribution is -2.30. The summed E-state index contributed by atoms with van der Waals surface area (Å²) < 4.78 is 10.0. The van der Waals surface area contributed by atoms with Crippen LogP contribution in [0, 0.1) is 5.41 Å². The largest absolute Gasteiger partial charge is 0.469 e. The molecule has 14 heavy (non-hydrogen) atoms. The first kappa shape index (κ1) is 13.2. The molecule has 0 rings (SSSR count). The SMILES string of the molecule is C=C(C)CCOCC(C)(C)C(=O)OC. The second-order valence-electron chi connectivity index (χ2n) is 4.14. The van der Waals surface area contributed by atoms with Crippen LogP contribution in [0.15, 0.2) is 12.2 Å². The molecule has 0 aliphatic heterocycles. The number of hydrogen-bond acceptors (Lipinski definition) is 3. The molecule has 82 valence electrons. The lowest BCUT2D eigenvalue weighted by Gasteiger charge is -2.21. The standard InChI is InChI=1S/C11H20O3/c1-9(2)6-7-14-8-11(3,4)10(12)13-5/h1,6-8H2,2-5H3. The maximum Gasteiger partial charge on any atom is 0.313 e. The van der Waals surface area contributed by atoms with E-state index in [9.17, 15) is 4.79 Å². The summed E-state index contributed by atoms with van der Waals surface area (Å²) in [6, 6.07) is 0. The normalized spacial score (nSPS) is 11.1. The van der Waals surface area contributed by atoms with Crippen LogP contribution in [-0.4, -0.2) is 26.3 Å². The van der Waals surface area contributed by atoms with Crippen molar-refractivity contribution in [2.45, 2.75) is 27.2 Å². The van der Waals surface area contributed by atoms with Crippen LogP contribution in [-0.2, 0) is 14.3 Å². The highest BCUT2D eigenvalue weighted by Gasteiger charge is 2.28. The van der Waals surface area contributed by atoms with Gasteiger partial charge in [0.1, 0.15) is 0 Å². The summed E-state index contributed by atoms with van der Waals surface area (Å²) in [6.45, 7) is 10.3. The van der Waals surface area contributed by atoms with Crippen LogP contribution in [0.3, 0.4) is 0 Å². The van der Waals surface area contributed by atoms with E-state index < -0.39 is 5.41 Å². The molecule has 3 nitrogen and oxygen atoms in total. The van der Waals surface area contributed by atoms with Gasteiger partial charge in [0.25, 0.3) is 0 Å². The van der Waals surface area contributed by atoms with Crippen molar-refractivity contribution in [2.75, 3.05) is 20.3 Å². The molecule has 0 amide bonds. The Morgan fingerprint density at radius 2 is 2.00 bits per heavy atom. The van der Waals surface area contributed by atoms with E-state index in [1.165, 1.54) is 7.11 Å². The van der Waals surface area contributed by atoms with E-state index in [1.54, 1.807) is 13.8 Å². The number of esters is 1. The van der Waals surface area contributed by atoms with Crippen LogP contribution in [0.5, 0.6) is 0 Å². The molecule has 0 aromatic rings. The molecule has 3 heteroatoms. The summed E-state index contributed by atoms with van der Waals surface area (Å²) in [5, 5.41) is 0. The number of rotatable bonds is 6. The maximum absolute atomic E-state index is 11.2. The molecule has 0 aromatic heterocycles. The molecule has 0 bridgehead atoms. The summed E-state index contributed by atoms with van der Waals surface area (Å²) >= 11 is 0. The second kappa shape index (κ2) is 5.81. The number of ether oxygens (including phenoxy) is 2. The van der Waals surface area contributed by atoms with E-state index >= 15 is 0 Å². The number of hydrogen-bond donors (Lipinski definition) is 0. The Bertz CT molecular complexity index is 207. The molecule has 0 saturated carbocycles. The predicted octanol–water partition coefficient (Wildman–Crippen LogP) is 2.17. The van der Waals surface area contributed by atoms with Gasteiger partial charge in [0.15, 0.2) is 0 Å². The molecule has 0 aliphatic rings. The smallest absolute Gasteiger partial charge is 0.313 e. The third kappa shape index (κ3) is 5.02. The topological polar surface area (TPSA) is 35.5 Å². The Kier molecular flexibility index (Phi) is 5.46. The monoisotopic (exact) mass is 200 g/mol. The Morgan fingerprint density at radius 1 is 1.43 bits per heavy atom. The van der Waals surface area contributed by atoms with Crippen LogP contribution < -0.4 is 0 Å². The maximum atomic E-state index is 11.2. The van der Waals surface area contributed by atoms with Crippen molar-refractivity contribution >= 4 is 5.97 Å². The minimum absolute atomic E-state index is 0.243. The van der Waals surface area contributed by atoms with Gasteiger partial charge in [0, 0.05) is 0 Å². The Labute approximate surface area is 86.1 Å². The Hall–Kier alpha value is -0.830. The first-order valence-electron chi connectivity index (χ1n) is 4.70. The van der Waals surface area contributed by atoms with Crippen molar-refractivity contribution in [3.8, 4) is 0 Å². The van der Waals surface area contributed by atoms with Gasteiger partial charge in [-0.25, -0.2) is 0 Å². The zero-order valence-corrected chi connectivity index (χ0v) is 9.55. The molecule has 0 aliphatic carbocycles. The van der Waals surface area contributed by atoms with Gasteiger partial charge in [-0.3, -0.25) is 4.79 Å². The van der Waals surface area contributed by atoms with Gasteiger partial charge >= 0.3 is 5.97 Å². The number of carbonyl (C=O) groups excluding carboxylic acids is 1. The van der Waals surface area contributed by atoms with Gasteiger partial charge < -0.3 is 9.47 Å². The van der Waals surface area contributed by atoms with Crippen molar-refractivity contribution in [2.24, 2.45) is 5.41 Å². The summed E-state index contributed by atoms with van der Waals surface area (Å²) in [6.07, 6.45) is 0.831. The average Bonchev–Trinajstić information content (AvgIpc) is 2.10. The quantitative estimate of drug-likeness (QED) is 0.374. The Morgan fingerprint density at radius 3 is 2.43 bits per heavy atom. The zero-order valence-electron chi connectivity index (χ0n) is 9.55. The van der Waals surface area contributed by atoms with Gasteiger partial charge in [0.05, 0.1) is 25.7 Å². The molecule has 0 atom stereocenters. The molecule has 0 saturated heterocycles. The summed E-state index contributed by atoms with van der Waals surface area (Å²) in [4.78, 5) is 11.2. The fourth-order valence-electron chi connectivity index (χ4n) is 0.909. The highest BCUT2D eigenvalue weighted by molar-refractivity contribution is 5.75.